The number of fused-ring (bicyclic) bond motifs is 1. The van der Waals surface area contributed by atoms with E-state index in [9.17, 15) is 9.59 Å². The molecule has 3 rings (SSSR count). The Hall–Kier alpha value is -1.82. The molecule has 1 aromatic carbocycles. The summed E-state index contributed by atoms with van der Waals surface area (Å²) in [5.74, 6) is -0.187. The van der Waals surface area contributed by atoms with E-state index >= 15 is 0 Å². The van der Waals surface area contributed by atoms with Crippen LogP contribution < -0.4 is 0 Å². The number of para-hydroxylation sites is 2. The number of esters is 1. The van der Waals surface area contributed by atoms with Gasteiger partial charge in [0.15, 0.2) is 16.5 Å². The zero-order chi connectivity index (χ0) is 17.2. The van der Waals surface area contributed by atoms with Gasteiger partial charge in [0, 0.05) is 6.42 Å². The number of Topliss-reactive ketones (excluding diaryl/α,β-unsaturated/α-hetero) is 1. The van der Waals surface area contributed by atoms with Crippen LogP contribution in [0.1, 0.15) is 39.5 Å². The third-order valence-electron chi connectivity index (χ3n) is 4.50. The first kappa shape index (κ1) is 17.0. The highest BCUT2D eigenvalue weighted by atomic mass is 32.2. The van der Waals surface area contributed by atoms with Crippen LogP contribution in [-0.4, -0.2) is 33.1 Å². The number of aromatic amines is 1. The van der Waals surface area contributed by atoms with Gasteiger partial charge in [-0.3, -0.25) is 9.59 Å². The van der Waals surface area contributed by atoms with Gasteiger partial charge in [-0.25, -0.2) is 4.98 Å². The van der Waals surface area contributed by atoms with Gasteiger partial charge in [-0.15, -0.1) is 0 Å². The number of imidazole rings is 1. The van der Waals surface area contributed by atoms with Gasteiger partial charge in [0.1, 0.15) is 0 Å². The van der Waals surface area contributed by atoms with Crippen LogP contribution in [0.15, 0.2) is 29.4 Å². The number of benzene rings is 1. The van der Waals surface area contributed by atoms with Crippen LogP contribution in [0.3, 0.4) is 0 Å². The Bertz CT molecular complexity index is 725. The van der Waals surface area contributed by atoms with E-state index in [2.05, 4.69) is 16.9 Å². The maximum Gasteiger partial charge on any atom is 0.310 e. The second kappa shape index (κ2) is 6.97. The number of rotatable bonds is 7. The van der Waals surface area contributed by atoms with Gasteiger partial charge in [0.25, 0.3) is 0 Å². The average molecular weight is 346 g/mol. The fourth-order valence-electron chi connectivity index (χ4n) is 3.03. The van der Waals surface area contributed by atoms with E-state index in [1.54, 1.807) is 6.92 Å². The lowest BCUT2D eigenvalue weighted by molar-refractivity contribution is -0.156. The molecule has 1 fully saturated rings. The van der Waals surface area contributed by atoms with Crippen LogP contribution in [0.2, 0.25) is 0 Å². The van der Waals surface area contributed by atoms with Crippen LogP contribution in [0.25, 0.3) is 11.0 Å². The maximum atomic E-state index is 12.6. The van der Waals surface area contributed by atoms with Crippen molar-refractivity contribution in [3.63, 3.8) is 0 Å². The van der Waals surface area contributed by atoms with Gasteiger partial charge in [-0.05, 0) is 25.5 Å². The lowest BCUT2D eigenvalue weighted by Crippen LogP contribution is -2.36. The molecule has 1 aliphatic rings. The Morgan fingerprint density at radius 3 is 3.00 bits per heavy atom. The van der Waals surface area contributed by atoms with E-state index < -0.39 is 5.60 Å². The number of aromatic nitrogens is 2. The number of ether oxygens (including phenoxy) is 1. The summed E-state index contributed by atoms with van der Waals surface area (Å²) in [7, 11) is 0. The van der Waals surface area contributed by atoms with Crippen molar-refractivity contribution < 1.29 is 14.3 Å². The maximum absolute atomic E-state index is 12.6. The number of unbranched alkanes of at least 4 members (excludes halogenated alkanes) is 1. The molecule has 0 radical (unpaired) electrons. The van der Waals surface area contributed by atoms with Crippen molar-refractivity contribution in [1.29, 1.82) is 0 Å². The number of carbonyl (C=O) groups is 2. The quantitative estimate of drug-likeness (QED) is 0.611. The van der Waals surface area contributed by atoms with Crippen molar-refractivity contribution in [2.45, 2.75) is 50.3 Å². The van der Waals surface area contributed by atoms with Gasteiger partial charge >= 0.3 is 5.97 Å². The first-order valence-electron chi connectivity index (χ1n) is 8.35. The molecule has 6 heteroatoms. The molecule has 24 heavy (non-hydrogen) atoms. The van der Waals surface area contributed by atoms with Crippen molar-refractivity contribution in [1.82, 2.24) is 9.97 Å². The van der Waals surface area contributed by atoms with E-state index in [1.165, 1.54) is 11.8 Å². The molecule has 0 saturated carbocycles. The van der Waals surface area contributed by atoms with E-state index in [-0.39, 0.29) is 23.4 Å². The van der Waals surface area contributed by atoms with E-state index in [1.807, 2.05) is 24.3 Å². The highest BCUT2D eigenvalue weighted by Crippen LogP contribution is 2.35. The predicted molar refractivity (Wildman–Crippen MR) is 94.0 cm³/mol. The lowest BCUT2D eigenvalue weighted by Gasteiger charge is -2.20. The number of hydrogen-bond donors (Lipinski definition) is 1. The molecule has 1 saturated heterocycles. The number of ketones is 1. The van der Waals surface area contributed by atoms with Crippen LogP contribution in [0.5, 0.6) is 0 Å². The summed E-state index contributed by atoms with van der Waals surface area (Å²) in [4.78, 5) is 32.2. The van der Waals surface area contributed by atoms with E-state index in [4.69, 9.17) is 4.74 Å². The third kappa shape index (κ3) is 3.48. The minimum absolute atomic E-state index is 0.0553. The molecular weight excluding hydrogens is 324 g/mol. The molecule has 0 aliphatic carbocycles. The van der Waals surface area contributed by atoms with Crippen LogP contribution in [0.4, 0.5) is 0 Å². The normalized spacial score (nSPS) is 23.6. The summed E-state index contributed by atoms with van der Waals surface area (Å²) >= 11 is 1.35. The average Bonchev–Trinajstić information content (AvgIpc) is 3.11. The molecule has 2 atom stereocenters. The Morgan fingerprint density at radius 1 is 1.46 bits per heavy atom. The number of cyclic esters (lactones) is 1. The molecule has 1 N–H and O–H groups in total. The first-order chi connectivity index (χ1) is 11.5. The molecule has 1 aliphatic heterocycles. The second-order valence-electron chi connectivity index (χ2n) is 6.47. The fourth-order valence-corrected chi connectivity index (χ4v) is 3.94. The van der Waals surface area contributed by atoms with Crippen molar-refractivity contribution >= 4 is 34.5 Å². The van der Waals surface area contributed by atoms with E-state index in [0.717, 1.165) is 30.3 Å². The topological polar surface area (TPSA) is 72.1 Å². The molecule has 2 aromatic rings. The summed E-state index contributed by atoms with van der Waals surface area (Å²) in [5, 5.41) is 0.708. The standard InChI is InChI=1S/C18H22N2O3S/c1-3-4-7-12-10-18(2,23-16(12)22)15(21)11-24-17-19-13-8-5-6-9-14(13)20-17/h5-6,8-9,12H,3-4,7,10-11H2,1-2H3,(H,19,20). The lowest BCUT2D eigenvalue weighted by atomic mass is 9.90. The SMILES string of the molecule is CCCCC1CC(C)(C(=O)CSc2nc3ccccc3[nH]2)OC1=O. The van der Waals surface area contributed by atoms with Crippen LogP contribution >= 0.6 is 11.8 Å². The van der Waals surface area contributed by atoms with Crippen molar-refractivity contribution in [3.05, 3.63) is 24.3 Å². The number of thioether (sulfide) groups is 1. The van der Waals surface area contributed by atoms with Crippen molar-refractivity contribution in [2.75, 3.05) is 5.75 Å². The number of hydrogen-bond acceptors (Lipinski definition) is 5. The van der Waals surface area contributed by atoms with Gasteiger partial charge in [0.2, 0.25) is 0 Å². The molecule has 0 spiro atoms. The van der Waals surface area contributed by atoms with Crippen LogP contribution in [-0.2, 0) is 14.3 Å². The molecule has 0 bridgehead atoms. The number of carbonyl (C=O) groups excluding carboxylic acids is 2. The number of H-pyrrole nitrogens is 1. The molecule has 1 aromatic heterocycles. The van der Waals surface area contributed by atoms with Gasteiger partial charge < -0.3 is 9.72 Å². The highest BCUT2D eigenvalue weighted by molar-refractivity contribution is 7.99. The van der Waals surface area contributed by atoms with Crippen LogP contribution in [0, 0.1) is 5.92 Å². The van der Waals surface area contributed by atoms with Gasteiger partial charge in [-0.1, -0.05) is 43.7 Å². The van der Waals surface area contributed by atoms with Crippen molar-refractivity contribution in [2.24, 2.45) is 5.92 Å². The zero-order valence-electron chi connectivity index (χ0n) is 14.0. The highest BCUT2D eigenvalue weighted by Gasteiger charge is 2.47. The Kier molecular flexibility index (Phi) is 4.94. The Balaban J connectivity index is 1.61. The molecular formula is C18H22N2O3S. The Labute approximate surface area is 145 Å². The molecule has 128 valence electrons. The zero-order valence-corrected chi connectivity index (χ0v) is 14.8. The summed E-state index contributed by atoms with van der Waals surface area (Å²) in [6, 6.07) is 7.75. The largest absolute Gasteiger partial charge is 0.451 e. The summed E-state index contributed by atoms with van der Waals surface area (Å²) < 4.78 is 5.44. The molecule has 2 heterocycles. The minimum atomic E-state index is -0.992. The minimum Gasteiger partial charge on any atom is -0.451 e. The number of nitrogens with one attached hydrogen (secondary N) is 1. The second-order valence-corrected chi connectivity index (χ2v) is 7.43. The predicted octanol–water partition coefficient (Wildman–Crippen LogP) is 3.74. The van der Waals surface area contributed by atoms with Crippen molar-refractivity contribution in [3.8, 4) is 0 Å². The third-order valence-corrected chi connectivity index (χ3v) is 5.37. The van der Waals surface area contributed by atoms with E-state index in [0.29, 0.717) is 11.6 Å². The monoisotopic (exact) mass is 346 g/mol. The van der Waals surface area contributed by atoms with Gasteiger partial charge in [0.05, 0.1) is 22.7 Å². The molecule has 0 amide bonds. The fraction of sp³-hybridized carbons (Fsp3) is 0.500. The van der Waals surface area contributed by atoms with Gasteiger partial charge in [-0.2, -0.15) is 0 Å². The molecule has 5 nitrogen and oxygen atoms in total. The number of nitrogens with zero attached hydrogens (tertiary/aromatic N) is 1. The summed E-state index contributed by atoms with van der Waals surface area (Å²) in [6.45, 7) is 3.83. The summed E-state index contributed by atoms with van der Waals surface area (Å²) in [6.07, 6.45) is 3.31. The first-order valence-corrected chi connectivity index (χ1v) is 9.34. The Morgan fingerprint density at radius 2 is 2.25 bits per heavy atom. The molecule has 2 unspecified atom stereocenters. The summed E-state index contributed by atoms with van der Waals surface area (Å²) in [5.41, 5.74) is 0.838. The smallest absolute Gasteiger partial charge is 0.310 e.